The molecule has 0 atom stereocenters. The van der Waals surface area contributed by atoms with E-state index in [0.29, 0.717) is 41.0 Å². The van der Waals surface area contributed by atoms with Crippen molar-refractivity contribution in [2.24, 2.45) is 5.73 Å². The van der Waals surface area contributed by atoms with Crippen molar-refractivity contribution in [3.8, 4) is 17.4 Å². The third kappa shape index (κ3) is 6.63. The van der Waals surface area contributed by atoms with E-state index >= 15 is 0 Å². The number of piperazine rings is 1. The van der Waals surface area contributed by atoms with Crippen LogP contribution in [0.4, 0.5) is 22.9 Å². The first-order chi connectivity index (χ1) is 19.8. The molecule has 3 aromatic rings. The van der Waals surface area contributed by atoms with E-state index in [4.69, 9.17) is 20.9 Å². The number of rotatable bonds is 9. The zero-order valence-electron chi connectivity index (χ0n) is 24.1. The Hall–Kier alpha value is -4.09. The highest BCUT2D eigenvalue weighted by Gasteiger charge is 2.27. The number of hydrogen-bond acceptors (Lipinski definition) is 10. The number of aromatic nitrogens is 2. The van der Waals surface area contributed by atoms with Crippen LogP contribution in [0.2, 0.25) is 0 Å². The minimum atomic E-state index is -0.691. The summed E-state index contributed by atoms with van der Waals surface area (Å²) < 4.78 is 11.8. The van der Waals surface area contributed by atoms with Gasteiger partial charge in [-0.1, -0.05) is 13.0 Å². The Morgan fingerprint density at radius 2 is 1.80 bits per heavy atom. The molecule has 1 amide bonds. The van der Waals surface area contributed by atoms with E-state index in [1.807, 2.05) is 19.1 Å². The molecular formula is C30H40N8O3. The van der Waals surface area contributed by atoms with Crippen LogP contribution in [0.15, 0.2) is 42.5 Å². The van der Waals surface area contributed by atoms with E-state index < -0.39 is 5.91 Å². The summed E-state index contributed by atoms with van der Waals surface area (Å²) in [6.45, 7) is 8.48. The Balaban J connectivity index is 1.34. The van der Waals surface area contributed by atoms with Gasteiger partial charge in [0, 0.05) is 68.8 Å². The number of methoxy groups -OCH3 is 1. The number of amides is 1. The summed E-state index contributed by atoms with van der Waals surface area (Å²) in [6, 6.07) is 13.7. The van der Waals surface area contributed by atoms with Crippen molar-refractivity contribution < 1.29 is 14.3 Å². The molecule has 2 fully saturated rings. The predicted octanol–water partition coefficient (Wildman–Crippen LogP) is 3.48. The minimum absolute atomic E-state index is 0.0267. The lowest BCUT2D eigenvalue weighted by Crippen LogP contribution is -2.52. The summed E-state index contributed by atoms with van der Waals surface area (Å²) in [7, 11) is 3.82. The number of carbonyl (C=O) groups excluding carboxylic acids is 1. The molecule has 1 aromatic heterocycles. The number of nitrogens with two attached hydrogens (primary N) is 2. The molecule has 0 aliphatic carbocycles. The lowest BCUT2D eigenvalue weighted by atomic mass is 10.0. The average Bonchev–Trinajstić information content (AvgIpc) is 2.98. The van der Waals surface area contributed by atoms with E-state index in [2.05, 4.69) is 43.1 Å². The summed E-state index contributed by atoms with van der Waals surface area (Å²) >= 11 is 0. The molecule has 5 N–H and O–H groups in total. The number of nitrogen functional groups attached to an aromatic ring is 1. The molecule has 41 heavy (non-hydrogen) atoms. The van der Waals surface area contributed by atoms with Crippen LogP contribution >= 0.6 is 0 Å². The first-order valence-corrected chi connectivity index (χ1v) is 14.2. The van der Waals surface area contributed by atoms with Gasteiger partial charge in [-0.15, -0.1) is 0 Å². The Bertz CT molecular complexity index is 1370. The fraction of sp³-hybridized carbons (Fsp3) is 0.433. The van der Waals surface area contributed by atoms with Crippen molar-refractivity contribution in [3.63, 3.8) is 0 Å². The molecule has 2 aliphatic heterocycles. The van der Waals surface area contributed by atoms with Gasteiger partial charge in [-0.25, -0.2) is 4.98 Å². The summed E-state index contributed by atoms with van der Waals surface area (Å²) in [5.41, 5.74) is 14.4. The van der Waals surface area contributed by atoms with Crippen LogP contribution in [0.3, 0.4) is 0 Å². The van der Waals surface area contributed by atoms with Crippen LogP contribution in [0.5, 0.6) is 17.4 Å². The number of aryl methyl sites for hydroxylation is 1. The third-order valence-electron chi connectivity index (χ3n) is 7.89. The molecule has 5 rings (SSSR count). The van der Waals surface area contributed by atoms with Crippen LogP contribution in [-0.4, -0.2) is 85.1 Å². The fourth-order valence-electron chi connectivity index (χ4n) is 5.50. The van der Waals surface area contributed by atoms with Crippen LogP contribution in [0.1, 0.15) is 35.9 Å². The molecule has 11 heteroatoms. The number of hydrogen-bond donors (Lipinski definition) is 3. The van der Waals surface area contributed by atoms with E-state index in [1.165, 1.54) is 0 Å². The van der Waals surface area contributed by atoms with Crippen LogP contribution < -0.4 is 31.2 Å². The molecule has 11 nitrogen and oxygen atoms in total. The van der Waals surface area contributed by atoms with Gasteiger partial charge in [0.1, 0.15) is 17.2 Å². The lowest BCUT2D eigenvalue weighted by molar-refractivity contribution is 0.0982. The van der Waals surface area contributed by atoms with Crippen LogP contribution in [0.25, 0.3) is 0 Å². The molecule has 0 saturated carbocycles. The molecule has 2 aromatic carbocycles. The number of nitrogens with zero attached hydrogens (tertiary/aromatic N) is 5. The summed E-state index contributed by atoms with van der Waals surface area (Å²) in [5.74, 6) is 0.907. The first-order valence-electron chi connectivity index (χ1n) is 14.2. The molecule has 0 bridgehead atoms. The van der Waals surface area contributed by atoms with Crippen LogP contribution in [0, 0.1) is 0 Å². The second kappa shape index (κ2) is 12.6. The second-order valence-electron chi connectivity index (χ2n) is 10.6. The predicted molar refractivity (Wildman–Crippen MR) is 161 cm³/mol. The molecule has 218 valence electrons. The van der Waals surface area contributed by atoms with E-state index in [0.717, 1.165) is 57.8 Å². The number of nitrogens with one attached hydrogen (secondary N) is 1. The number of likely N-dealkylation sites (N-methyl/N-ethyl adjacent to an activating group) is 1. The fourth-order valence-corrected chi connectivity index (χ4v) is 5.50. The first kappa shape index (κ1) is 28.4. The van der Waals surface area contributed by atoms with Gasteiger partial charge in [-0.2, -0.15) is 4.98 Å². The highest BCUT2D eigenvalue weighted by atomic mass is 16.5. The van der Waals surface area contributed by atoms with Gasteiger partial charge in [0.25, 0.3) is 5.91 Å². The van der Waals surface area contributed by atoms with Gasteiger partial charge in [-0.05, 0) is 50.6 Å². The normalized spacial score (nSPS) is 16.9. The summed E-state index contributed by atoms with van der Waals surface area (Å²) in [5, 5.41) is 3.21. The van der Waals surface area contributed by atoms with Gasteiger partial charge in [0.05, 0.1) is 12.8 Å². The number of ether oxygens (including phenoxy) is 2. The van der Waals surface area contributed by atoms with E-state index in [1.54, 1.807) is 31.4 Å². The summed E-state index contributed by atoms with van der Waals surface area (Å²) in [4.78, 5) is 28.9. The van der Waals surface area contributed by atoms with E-state index in [9.17, 15) is 4.79 Å². The number of benzene rings is 2. The topological polar surface area (TPSA) is 135 Å². The highest BCUT2D eigenvalue weighted by molar-refractivity contribution is 5.96. The number of anilines is 4. The lowest BCUT2D eigenvalue weighted by Gasteiger charge is -2.42. The standard InChI is InChI=1S/C30H40N8O3/c1-4-24-30(41-23-7-5-6-20(31)18-23)35-29(27(33-24)28(32)39)34-25-9-8-22(19-26(25)40-3)37-12-10-21(11-13-37)38-16-14-36(2)15-17-38/h5-9,18-19,21H,4,10-17,31H2,1-3H3,(H2,32,39)(H,34,35). The zero-order chi connectivity index (χ0) is 28.9. The maximum atomic E-state index is 12.3. The Labute approximate surface area is 241 Å². The quantitative estimate of drug-likeness (QED) is 0.334. The van der Waals surface area contributed by atoms with Crippen molar-refractivity contribution in [3.05, 3.63) is 53.9 Å². The smallest absolute Gasteiger partial charge is 0.271 e. The van der Waals surface area contributed by atoms with Crippen LogP contribution in [-0.2, 0) is 6.42 Å². The number of primary amides is 1. The monoisotopic (exact) mass is 560 g/mol. The number of carbonyl (C=O) groups is 1. The van der Waals surface area contributed by atoms with Gasteiger partial charge >= 0.3 is 0 Å². The van der Waals surface area contributed by atoms with Crippen molar-refractivity contribution in [2.75, 3.05) is 69.4 Å². The number of piperidine rings is 1. The Morgan fingerprint density at radius 3 is 2.46 bits per heavy atom. The SMILES string of the molecule is CCc1nc(C(N)=O)c(Nc2ccc(N3CCC(N4CCN(C)CC4)CC3)cc2OC)nc1Oc1cccc(N)c1. The molecule has 0 spiro atoms. The van der Waals surface area contributed by atoms with Gasteiger partial charge in [-0.3, -0.25) is 9.69 Å². The van der Waals surface area contributed by atoms with Gasteiger partial charge in [0.2, 0.25) is 5.88 Å². The second-order valence-corrected chi connectivity index (χ2v) is 10.6. The maximum absolute atomic E-state index is 12.3. The Morgan fingerprint density at radius 1 is 1.05 bits per heavy atom. The minimum Gasteiger partial charge on any atom is -0.494 e. The highest BCUT2D eigenvalue weighted by Crippen LogP contribution is 2.35. The van der Waals surface area contributed by atoms with Crippen molar-refractivity contribution >= 4 is 28.8 Å². The molecule has 3 heterocycles. The molecule has 2 saturated heterocycles. The molecule has 0 radical (unpaired) electrons. The van der Waals surface area contributed by atoms with E-state index in [-0.39, 0.29) is 17.4 Å². The average molecular weight is 561 g/mol. The largest absolute Gasteiger partial charge is 0.494 e. The molecular weight excluding hydrogens is 520 g/mol. The molecule has 2 aliphatic rings. The maximum Gasteiger partial charge on any atom is 0.271 e. The Kier molecular flexibility index (Phi) is 8.75. The zero-order valence-corrected chi connectivity index (χ0v) is 24.1. The van der Waals surface area contributed by atoms with Crippen molar-refractivity contribution in [1.29, 1.82) is 0 Å². The van der Waals surface area contributed by atoms with Crippen molar-refractivity contribution in [2.45, 2.75) is 32.2 Å². The van der Waals surface area contributed by atoms with Gasteiger partial charge < -0.3 is 36.1 Å². The molecule has 0 unspecified atom stereocenters. The van der Waals surface area contributed by atoms with Gasteiger partial charge in [0.15, 0.2) is 11.5 Å². The third-order valence-corrected chi connectivity index (χ3v) is 7.89. The van der Waals surface area contributed by atoms with Crippen molar-refractivity contribution in [1.82, 2.24) is 19.8 Å². The summed E-state index contributed by atoms with van der Waals surface area (Å²) in [6.07, 6.45) is 2.78.